The molecule has 0 aromatic heterocycles. The predicted molar refractivity (Wildman–Crippen MR) is 83.8 cm³/mol. The molecule has 3 rings (SSSR count). The molecule has 102 valence electrons. The van der Waals surface area contributed by atoms with Crippen LogP contribution in [0, 0.1) is 5.92 Å². The SMILES string of the molecule is CCCC1CC1N=C1NC(Cc2ccccc2)CS1. The smallest absolute Gasteiger partial charge is 0.157 e. The van der Waals surface area contributed by atoms with Crippen molar-refractivity contribution in [2.24, 2.45) is 10.9 Å². The second-order valence-corrected chi connectivity index (χ2v) is 6.64. The van der Waals surface area contributed by atoms with Gasteiger partial charge in [-0.2, -0.15) is 0 Å². The lowest BCUT2D eigenvalue weighted by molar-refractivity contribution is 0.672. The third kappa shape index (κ3) is 3.53. The maximum atomic E-state index is 4.85. The first-order valence-electron chi connectivity index (χ1n) is 7.36. The number of rotatable bonds is 5. The van der Waals surface area contributed by atoms with Crippen molar-refractivity contribution in [1.29, 1.82) is 0 Å². The van der Waals surface area contributed by atoms with Crippen molar-refractivity contribution in [3.05, 3.63) is 35.9 Å². The molecule has 3 unspecified atom stereocenters. The lowest BCUT2D eigenvalue weighted by Gasteiger charge is -2.09. The summed E-state index contributed by atoms with van der Waals surface area (Å²) in [6, 6.07) is 11.9. The Labute approximate surface area is 120 Å². The average molecular weight is 274 g/mol. The molecule has 1 saturated carbocycles. The third-order valence-electron chi connectivity index (χ3n) is 3.90. The number of thioether (sulfide) groups is 1. The molecule has 1 aliphatic carbocycles. The van der Waals surface area contributed by atoms with E-state index in [1.54, 1.807) is 0 Å². The van der Waals surface area contributed by atoms with Crippen LogP contribution in [0.1, 0.15) is 31.7 Å². The van der Waals surface area contributed by atoms with Crippen molar-refractivity contribution in [3.63, 3.8) is 0 Å². The zero-order valence-electron chi connectivity index (χ0n) is 11.5. The summed E-state index contributed by atoms with van der Waals surface area (Å²) in [6.45, 7) is 2.26. The van der Waals surface area contributed by atoms with Crippen molar-refractivity contribution < 1.29 is 0 Å². The molecule has 1 aliphatic heterocycles. The number of aliphatic imine (C=N–C) groups is 1. The summed E-state index contributed by atoms with van der Waals surface area (Å²) >= 11 is 1.90. The summed E-state index contributed by atoms with van der Waals surface area (Å²) in [6.07, 6.45) is 5.06. The van der Waals surface area contributed by atoms with Crippen LogP contribution in [0.15, 0.2) is 35.3 Å². The zero-order valence-corrected chi connectivity index (χ0v) is 12.3. The summed E-state index contributed by atoms with van der Waals surface area (Å²) in [4.78, 5) is 4.85. The van der Waals surface area contributed by atoms with Crippen LogP contribution in [0.2, 0.25) is 0 Å². The first kappa shape index (κ1) is 13.0. The van der Waals surface area contributed by atoms with Crippen LogP contribution in [0.5, 0.6) is 0 Å². The maximum Gasteiger partial charge on any atom is 0.157 e. The lowest BCUT2D eigenvalue weighted by Crippen LogP contribution is -2.29. The van der Waals surface area contributed by atoms with Crippen molar-refractivity contribution in [2.75, 3.05) is 5.75 Å². The normalized spacial score (nSPS) is 31.4. The summed E-state index contributed by atoms with van der Waals surface area (Å²) in [5.41, 5.74) is 1.41. The Morgan fingerprint density at radius 3 is 2.95 bits per heavy atom. The van der Waals surface area contributed by atoms with E-state index >= 15 is 0 Å². The Morgan fingerprint density at radius 2 is 2.16 bits per heavy atom. The summed E-state index contributed by atoms with van der Waals surface area (Å²) in [5, 5.41) is 4.77. The fourth-order valence-electron chi connectivity index (χ4n) is 2.74. The van der Waals surface area contributed by atoms with Crippen molar-refractivity contribution >= 4 is 16.9 Å². The van der Waals surface area contributed by atoms with E-state index in [9.17, 15) is 0 Å². The van der Waals surface area contributed by atoms with Gasteiger partial charge in [-0.1, -0.05) is 55.4 Å². The Kier molecular flexibility index (Phi) is 4.12. The maximum absolute atomic E-state index is 4.85. The van der Waals surface area contributed by atoms with E-state index in [1.807, 2.05) is 11.8 Å². The van der Waals surface area contributed by atoms with E-state index in [2.05, 4.69) is 42.6 Å². The fraction of sp³-hybridized carbons (Fsp3) is 0.562. The lowest BCUT2D eigenvalue weighted by atomic mass is 10.1. The molecule has 1 aromatic rings. The molecule has 2 fully saturated rings. The van der Waals surface area contributed by atoms with Crippen LogP contribution in [0.3, 0.4) is 0 Å². The molecule has 3 heteroatoms. The van der Waals surface area contributed by atoms with Crippen LogP contribution < -0.4 is 5.32 Å². The Balaban J connectivity index is 1.49. The van der Waals surface area contributed by atoms with Gasteiger partial charge in [-0.25, -0.2) is 0 Å². The van der Waals surface area contributed by atoms with E-state index in [0.717, 1.165) is 18.1 Å². The molecule has 0 radical (unpaired) electrons. The molecule has 0 spiro atoms. The number of nitrogens with one attached hydrogen (secondary N) is 1. The summed E-state index contributed by atoms with van der Waals surface area (Å²) in [5.74, 6) is 2.02. The van der Waals surface area contributed by atoms with E-state index in [1.165, 1.54) is 30.0 Å². The molecule has 19 heavy (non-hydrogen) atoms. The minimum Gasteiger partial charge on any atom is -0.361 e. The van der Waals surface area contributed by atoms with Gasteiger partial charge in [0.1, 0.15) is 0 Å². The van der Waals surface area contributed by atoms with Gasteiger partial charge < -0.3 is 5.32 Å². The average Bonchev–Trinajstić information content (AvgIpc) is 2.99. The highest BCUT2D eigenvalue weighted by Crippen LogP contribution is 2.38. The molecular formula is C16H22N2S. The topological polar surface area (TPSA) is 24.4 Å². The predicted octanol–water partition coefficient (Wildman–Crippen LogP) is 3.48. The summed E-state index contributed by atoms with van der Waals surface area (Å²) in [7, 11) is 0. The first-order chi connectivity index (χ1) is 9.35. The van der Waals surface area contributed by atoms with Gasteiger partial charge >= 0.3 is 0 Å². The molecule has 1 aromatic carbocycles. The molecular weight excluding hydrogens is 252 g/mol. The second-order valence-electron chi connectivity index (χ2n) is 5.63. The van der Waals surface area contributed by atoms with E-state index in [0.29, 0.717) is 12.1 Å². The van der Waals surface area contributed by atoms with Gasteiger partial charge in [-0.3, -0.25) is 4.99 Å². The van der Waals surface area contributed by atoms with Crippen molar-refractivity contribution in [1.82, 2.24) is 5.32 Å². The second kappa shape index (κ2) is 6.00. The number of benzene rings is 1. The number of amidine groups is 1. The van der Waals surface area contributed by atoms with Crippen LogP contribution in [-0.4, -0.2) is 23.0 Å². The van der Waals surface area contributed by atoms with Crippen LogP contribution in [0.25, 0.3) is 0 Å². The third-order valence-corrected chi connectivity index (χ3v) is 4.97. The fourth-order valence-corrected chi connectivity index (χ4v) is 3.76. The Morgan fingerprint density at radius 1 is 1.32 bits per heavy atom. The minimum atomic E-state index is 0.550. The number of hydrogen-bond donors (Lipinski definition) is 1. The van der Waals surface area contributed by atoms with E-state index < -0.39 is 0 Å². The highest BCUT2D eigenvalue weighted by atomic mass is 32.2. The van der Waals surface area contributed by atoms with E-state index in [-0.39, 0.29) is 0 Å². The summed E-state index contributed by atoms with van der Waals surface area (Å²) < 4.78 is 0. The van der Waals surface area contributed by atoms with Crippen molar-refractivity contribution in [2.45, 2.75) is 44.7 Å². The highest BCUT2D eigenvalue weighted by Gasteiger charge is 2.37. The first-order valence-corrected chi connectivity index (χ1v) is 8.34. The van der Waals surface area contributed by atoms with Gasteiger partial charge in [-0.15, -0.1) is 0 Å². The van der Waals surface area contributed by atoms with Crippen molar-refractivity contribution in [3.8, 4) is 0 Å². The minimum absolute atomic E-state index is 0.550. The largest absolute Gasteiger partial charge is 0.361 e. The van der Waals surface area contributed by atoms with Gasteiger partial charge in [0.15, 0.2) is 5.17 Å². The van der Waals surface area contributed by atoms with Crippen LogP contribution in [0.4, 0.5) is 0 Å². The monoisotopic (exact) mass is 274 g/mol. The standard InChI is InChI=1S/C16H22N2S/c1-2-6-13-10-15(13)18-16-17-14(11-19-16)9-12-7-4-3-5-8-12/h3-5,7-8,13-15H,2,6,9-11H2,1H3,(H,17,18). The van der Waals surface area contributed by atoms with Gasteiger partial charge in [0.2, 0.25) is 0 Å². The number of nitrogens with zero attached hydrogens (tertiary/aromatic N) is 1. The molecule has 2 aliphatic rings. The molecule has 0 bridgehead atoms. The Bertz CT molecular complexity index is 443. The molecule has 1 heterocycles. The molecule has 2 nitrogen and oxygen atoms in total. The number of hydrogen-bond acceptors (Lipinski definition) is 2. The molecule has 0 amide bonds. The van der Waals surface area contributed by atoms with Crippen LogP contribution in [-0.2, 0) is 6.42 Å². The zero-order chi connectivity index (χ0) is 13.1. The Hall–Kier alpha value is -0.960. The van der Waals surface area contributed by atoms with Gasteiger partial charge in [0, 0.05) is 11.8 Å². The highest BCUT2D eigenvalue weighted by molar-refractivity contribution is 8.14. The van der Waals surface area contributed by atoms with Gasteiger partial charge in [0.05, 0.1) is 6.04 Å². The van der Waals surface area contributed by atoms with E-state index in [4.69, 9.17) is 4.99 Å². The molecule has 1 N–H and O–H groups in total. The quantitative estimate of drug-likeness (QED) is 0.889. The van der Waals surface area contributed by atoms with Gasteiger partial charge in [-0.05, 0) is 30.7 Å². The van der Waals surface area contributed by atoms with Crippen LogP contribution >= 0.6 is 11.8 Å². The molecule has 3 atom stereocenters. The van der Waals surface area contributed by atoms with Gasteiger partial charge in [0.25, 0.3) is 0 Å². The molecule has 1 saturated heterocycles.